The second-order valence-corrected chi connectivity index (χ2v) is 8.44. The molecule has 3 aromatic carbocycles. The zero-order valence-electron chi connectivity index (χ0n) is 17.2. The van der Waals surface area contributed by atoms with Gasteiger partial charge in [-0.25, -0.2) is 4.39 Å². The summed E-state index contributed by atoms with van der Waals surface area (Å²) in [7, 11) is 0. The van der Waals surface area contributed by atoms with Crippen LogP contribution in [0.4, 0.5) is 17.6 Å². The van der Waals surface area contributed by atoms with E-state index < -0.39 is 29.0 Å². The number of hydrogen-bond acceptors (Lipinski definition) is 3. The van der Waals surface area contributed by atoms with E-state index in [9.17, 15) is 22.4 Å². The third-order valence-electron chi connectivity index (χ3n) is 5.08. The molecule has 0 atom stereocenters. The summed E-state index contributed by atoms with van der Waals surface area (Å²) in [6, 6.07) is 17.9. The molecule has 0 unspecified atom stereocenters. The van der Waals surface area contributed by atoms with Crippen molar-refractivity contribution in [3.05, 3.63) is 94.9 Å². The molecule has 0 fully saturated rings. The Kier molecular flexibility index (Phi) is 6.44. The molecule has 0 saturated carbocycles. The lowest BCUT2D eigenvalue weighted by Gasteiger charge is -2.14. The van der Waals surface area contributed by atoms with Crippen LogP contribution in [-0.4, -0.2) is 10.9 Å². The number of fused-ring (bicyclic) bond motifs is 1. The highest BCUT2D eigenvalue weighted by Gasteiger charge is 2.34. The number of halogens is 4. The highest BCUT2D eigenvalue weighted by atomic mass is 32.2. The fourth-order valence-electron chi connectivity index (χ4n) is 3.55. The minimum atomic E-state index is -4.64. The van der Waals surface area contributed by atoms with Gasteiger partial charge in [0.05, 0.1) is 10.5 Å². The van der Waals surface area contributed by atoms with Crippen molar-refractivity contribution in [2.24, 2.45) is 5.73 Å². The van der Waals surface area contributed by atoms with E-state index in [1.165, 1.54) is 11.8 Å². The molecule has 1 aromatic heterocycles. The molecule has 33 heavy (non-hydrogen) atoms. The van der Waals surface area contributed by atoms with Crippen molar-refractivity contribution in [3.63, 3.8) is 0 Å². The first-order chi connectivity index (χ1) is 15.7. The van der Waals surface area contributed by atoms with Crippen LogP contribution in [0.3, 0.4) is 0 Å². The third kappa shape index (κ3) is 5.04. The fraction of sp³-hybridized carbons (Fsp3) is 0.125. The van der Waals surface area contributed by atoms with Crippen LogP contribution in [-0.2, 0) is 19.3 Å². The standard InChI is InChI=1S/C24H19F4N3OS/c25-19-8-4-7-18(24(26,27)28)17(19)13-30-12-14-9-10-16-20(11-14)31-21(23(29)32)22(16)33-15-5-2-1-3-6-15/h1-11,30-31H,12-13H2,(H2,29,32). The molecule has 0 saturated heterocycles. The summed E-state index contributed by atoms with van der Waals surface area (Å²) in [5.74, 6) is -1.51. The number of amides is 1. The largest absolute Gasteiger partial charge is 0.416 e. The Bertz CT molecular complexity index is 1300. The Balaban J connectivity index is 1.56. The number of carbonyl (C=O) groups is 1. The number of hydrogen-bond donors (Lipinski definition) is 3. The van der Waals surface area contributed by atoms with Crippen molar-refractivity contribution in [1.82, 2.24) is 10.3 Å². The molecule has 4 rings (SSSR count). The molecule has 4 N–H and O–H groups in total. The second-order valence-electron chi connectivity index (χ2n) is 7.36. The van der Waals surface area contributed by atoms with E-state index >= 15 is 0 Å². The molecule has 4 nitrogen and oxygen atoms in total. The third-order valence-corrected chi connectivity index (χ3v) is 6.22. The van der Waals surface area contributed by atoms with Crippen LogP contribution in [0.15, 0.2) is 76.5 Å². The average molecular weight is 473 g/mol. The average Bonchev–Trinajstić information content (AvgIpc) is 3.13. The Morgan fingerprint density at radius 2 is 1.76 bits per heavy atom. The highest BCUT2D eigenvalue weighted by molar-refractivity contribution is 7.99. The van der Waals surface area contributed by atoms with Gasteiger partial charge >= 0.3 is 6.18 Å². The van der Waals surface area contributed by atoms with Gasteiger partial charge in [-0.15, -0.1) is 0 Å². The molecule has 0 aliphatic rings. The molecule has 0 bridgehead atoms. The molecule has 0 aliphatic heterocycles. The first kappa shape index (κ1) is 22.9. The lowest BCUT2D eigenvalue weighted by Crippen LogP contribution is -2.18. The molecular formula is C24H19F4N3OS. The summed E-state index contributed by atoms with van der Waals surface area (Å²) in [4.78, 5) is 16.7. The Labute approximate surface area is 191 Å². The van der Waals surface area contributed by atoms with Crippen molar-refractivity contribution in [3.8, 4) is 0 Å². The van der Waals surface area contributed by atoms with Gasteiger partial charge in [-0.05, 0) is 35.9 Å². The number of rotatable bonds is 7. The Morgan fingerprint density at radius 1 is 1.00 bits per heavy atom. The van der Waals surface area contributed by atoms with Crippen LogP contribution >= 0.6 is 11.8 Å². The van der Waals surface area contributed by atoms with E-state index in [0.717, 1.165) is 34.0 Å². The predicted molar refractivity (Wildman–Crippen MR) is 119 cm³/mol. The minimum absolute atomic E-state index is 0.202. The molecule has 0 spiro atoms. The quantitative estimate of drug-likeness (QED) is 0.294. The van der Waals surface area contributed by atoms with E-state index in [1.54, 1.807) is 12.1 Å². The summed E-state index contributed by atoms with van der Waals surface area (Å²) in [5.41, 5.74) is 5.83. The number of primary amides is 1. The summed E-state index contributed by atoms with van der Waals surface area (Å²) in [6.45, 7) is -0.0837. The number of nitrogens with one attached hydrogen (secondary N) is 2. The van der Waals surface area contributed by atoms with Crippen molar-refractivity contribution in [1.29, 1.82) is 0 Å². The number of aromatic amines is 1. The number of nitrogens with two attached hydrogens (primary N) is 1. The van der Waals surface area contributed by atoms with Crippen molar-refractivity contribution < 1.29 is 22.4 Å². The van der Waals surface area contributed by atoms with Crippen molar-refractivity contribution in [2.75, 3.05) is 0 Å². The van der Waals surface area contributed by atoms with Crippen LogP contribution < -0.4 is 11.1 Å². The maximum Gasteiger partial charge on any atom is 0.416 e. The topological polar surface area (TPSA) is 70.9 Å². The summed E-state index contributed by atoms with van der Waals surface area (Å²) < 4.78 is 53.6. The number of benzene rings is 3. The minimum Gasteiger partial charge on any atom is -0.364 e. The van der Waals surface area contributed by atoms with Crippen LogP contribution in [0.25, 0.3) is 10.9 Å². The monoisotopic (exact) mass is 473 g/mol. The SMILES string of the molecule is NC(=O)c1[nH]c2cc(CNCc3c(F)cccc3C(F)(F)F)ccc2c1Sc1ccccc1. The first-order valence-corrected chi connectivity index (χ1v) is 10.8. The lowest BCUT2D eigenvalue weighted by atomic mass is 10.1. The van der Waals surface area contributed by atoms with Gasteiger partial charge in [0.15, 0.2) is 0 Å². The molecule has 0 aliphatic carbocycles. The summed E-state index contributed by atoms with van der Waals surface area (Å²) >= 11 is 1.41. The van der Waals surface area contributed by atoms with E-state index in [2.05, 4.69) is 10.3 Å². The lowest BCUT2D eigenvalue weighted by molar-refractivity contribution is -0.138. The van der Waals surface area contributed by atoms with E-state index in [-0.39, 0.29) is 18.8 Å². The van der Waals surface area contributed by atoms with Gasteiger partial charge in [-0.1, -0.05) is 48.2 Å². The molecule has 4 aromatic rings. The van der Waals surface area contributed by atoms with Gasteiger partial charge in [-0.2, -0.15) is 13.2 Å². The molecule has 0 radical (unpaired) electrons. The van der Waals surface area contributed by atoms with Crippen molar-refractivity contribution >= 4 is 28.6 Å². The maximum absolute atomic E-state index is 14.0. The fourth-order valence-corrected chi connectivity index (χ4v) is 4.62. The van der Waals surface area contributed by atoms with Crippen LogP contribution in [0, 0.1) is 5.82 Å². The number of carbonyl (C=O) groups excluding carboxylic acids is 1. The van der Waals surface area contributed by atoms with Gasteiger partial charge < -0.3 is 16.0 Å². The normalized spacial score (nSPS) is 11.8. The van der Waals surface area contributed by atoms with E-state index in [0.29, 0.717) is 10.4 Å². The zero-order chi connectivity index (χ0) is 23.6. The van der Waals surface area contributed by atoms with Gasteiger partial charge in [0.2, 0.25) is 0 Å². The van der Waals surface area contributed by atoms with Gasteiger partial charge in [0, 0.05) is 34.5 Å². The van der Waals surface area contributed by atoms with Gasteiger partial charge in [0.25, 0.3) is 5.91 Å². The molecule has 9 heteroatoms. The predicted octanol–water partition coefficient (Wildman–Crippen LogP) is 5.87. The maximum atomic E-state index is 14.0. The van der Waals surface area contributed by atoms with Gasteiger partial charge in [0.1, 0.15) is 11.5 Å². The van der Waals surface area contributed by atoms with Crippen LogP contribution in [0.1, 0.15) is 27.2 Å². The molecule has 1 amide bonds. The number of alkyl halides is 3. The van der Waals surface area contributed by atoms with Crippen LogP contribution in [0.2, 0.25) is 0 Å². The Morgan fingerprint density at radius 3 is 2.45 bits per heavy atom. The number of H-pyrrole nitrogens is 1. The summed E-state index contributed by atoms with van der Waals surface area (Å²) in [6.07, 6.45) is -4.64. The van der Waals surface area contributed by atoms with E-state index in [4.69, 9.17) is 5.73 Å². The summed E-state index contributed by atoms with van der Waals surface area (Å²) in [5, 5.41) is 3.67. The Hall–Kier alpha value is -3.30. The molecule has 1 heterocycles. The number of aromatic nitrogens is 1. The first-order valence-electron chi connectivity index (χ1n) is 9.96. The van der Waals surface area contributed by atoms with Crippen molar-refractivity contribution in [2.45, 2.75) is 29.1 Å². The smallest absolute Gasteiger partial charge is 0.364 e. The molecular weight excluding hydrogens is 454 g/mol. The van der Waals surface area contributed by atoms with E-state index in [1.807, 2.05) is 36.4 Å². The second kappa shape index (κ2) is 9.29. The van der Waals surface area contributed by atoms with Crippen LogP contribution in [0.5, 0.6) is 0 Å². The zero-order valence-corrected chi connectivity index (χ0v) is 18.0. The molecule has 170 valence electrons. The van der Waals surface area contributed by atoms with Gasteiger partial charge in [-0.3, -0.25) is 4.79 Å². The highest BCUT2D eigenvalue weighted by Crippen LogP contribution is 2.37.